The van der Waals surface area contributed by atoms with E-state index in [1.54, 1.807) is 55.5 Å². The fourth-order valence-electron chi connectivity index (χ4n) is 3.46. The molecule has 1 N–H and O–H groups in total. The van der Waals surface area contributed by atoms with Crippen molar-refractivity contribution in [1.82, 2.24) is 4.31 Å². The quantitative estimate of drug-likeness (QED) is 0.576. The Morgan fingerprint density at radius 3 is 2.45 bits per heavy atom. The van der Waals surface area contributed by atoms with E-state index in [0.717, 1.165) is 10.0 Å². The standard InChI is InChI=1S/C22H25BrN2O5S/c1-2-30-21(26)14-16-5-9-19(10-6-16)24-22(27)17-4-3-13-25(15-17)31(28,29)20-11-7-18(23)8-12-20/h5-12,17H,2-4,13-15H2,1H3,(H,24,27). The molecule has 0 radical (unpaired) electrons. The van der Waals surface area contributed by atoms with Gasteiger partial charge in [0.1, 0.15) is 0 Å². The second-order valence-corrected chi connectivity index (χ2v) is 10.2. The molecule has 1 aliphatic heterocycles. The van der Waals surface area contributed by atoms with Crippen molar-refractivity contribution >= 4 is 43.5 Å². The molecule has 0 saturated carbocycles. The van der Waals surface area contributed by atoms with Crippen molar-refractivity contribution in [3.8, 4) is 0 Å². The summed E-state index contributed by atoms with van der Waals surface area (Å²) in [5, 5.41) is 2.85. The van der Waals surface area contributed by atoms with Gasteiger partial charge in [-0.05, 0) is 61.7 Å². The van der Waals surface area contributed by atoms with Crippen LogP contribution in [0.3, 0.4) is 0 Å². The van der Waals surface area contributed by atoms with Crippen molar-refractivity contribution < 1.29 is 22.7 Å². The van der Waals surface area contributed by atoms with Crippen molar-refractivity contribution in [2.45, 2.75) is 31.1 Å². The minimum atomic E-state index is -3.65. The molecule has 1 aliphatic rings. The van der Waals surface area contributed by atoms with Gasteiger partial charge in [0.15, 0.2) is 0 Å². The van der Waals surface area contributed by atoms with E-state index in [9.17, 15) is 18.0 Å². The Balaban J connectivity index is 1.62. The highest BCUT2D eigenvalue weighted by molar-refractivity contribution is 9.10. The second kappa shape index (κ2) is 10.4. The smallest absolute Gasteiger partial charge is 0.310 e. The van der Waals surface area contributed by atoms with Gasteiger partial charge in [0, 0.05) is 23.2 Å². The molecule has 31 heavy (non-hydrogen) atoms. The summed E-state index contributed by atoms with van der Waals surface area (Å²) in [6.07, 6.45) is 1.42. The van der Waals surface area contributed by atoms with Crippen LogP contribution in [0.25, 0.3) is 0 Å². The number of esters is 1. The average molecular weight is 509 g/mol. The zero-order valence-electron chi connectivity index (χ0n) is 17.2. The molecule has 0 bridgehead atoms. The number of anilines is 1. The van der Waals surface area contributed by atoms with Crippen molar-refractivity contribution in [1.29, 1.82) is 0 Å². The van der Waals surface area contributed by atoms with Gasteiger partial charge in [0.2, 0.25) is 15.9 Å². The number of halogens is 1. The largest absolute Gasteiger partial charge is 0.466 e. The maximum Gasteiger partial charge on any atom is 0.310 e. The first kappa shape index (κ1) is 23.4. The van der Waals surface area contributed by atoms with Crippen molar-refractivity contribution in [3.05, 3.63) is 58.6 Å². The van der Waals surface area contributed by atoms with Gasteiger partial charge in [-0.25, -0.2) is 8.42 Å². The summed E-state index contributed by atoms with van der Waals surface area (Å²) in [6, 6.07) is 13.5. The maximum absolute atomic E-state index is 12.9. The topological polar surface area (TPSA) is 92.8 Å². The van der Waals surface area contributed by atoms with Crippen LogP contribution in [0.15, 0.2) is 57.9 Å². The molecule has 1 unspecified atom stereocenters. The predicted molar refractivity (Wildman–Crippen MR) is 121 cm³/mol. The van der Waals surface area contributed by atoms with E-state index in [2.05, 4.69) is 21.2 Å². The Kier molecular flexibility index (Phi) is 7.85. The Morgan fingerprint density at radius 1 is 1.13 bits per heavy atom. The van der Waals surface area contributed by atoms with Gasteiger partial charge >= 0.3 is 5.97 Å². The summed E-state index contributed by atoms with van der Waals surface area (Å²) in [4.78, 5) is 24.5. The van der Waals surface area contributed by atoms with E-state index in [4.69, 9.17) is 4.74 Å². The van der Waals surface area contributed by atoms with Crippen molar-refractivity contribution in [2.24, 2.45) is 5.92 Å². The third kappa shape index (κ3) is 6.15. The number of piperidine rings is 1. The minimum absolute atomic E-state index is 0.144. The lowest BCUT2D eigenvalue weighted by molar-refractivity contribution is -0.142. The van der Waals surface area contributed by atoms with Gasteiger partial charge in [-0.1, -0.05) is 28.1 Å². The molecule has 1 fully saturated rings. The minimum Gasteiger partial charge on any atom is -0.466 e. The van der Waals surface area contributed by atoms with Crippen LogP contribution in [-0.4, -0.2) is 44.3 Å². The zero-order chi connectivity index (χ0) is 22.4. The average Bonchev–Trinajstić information content (AvgIpc) is 2.75. The van der Waals surface area contributed by atoms with Crippen LogP contribution in [0.4, 0.5) is 5.69 Å². The summed E-state index contributed by atoms with van der Waals surface area (Å²) in [5.74, 6) is -0.944. The number of hydrogen-bond acceptors (Lipinski definition) is 5. The van der Waals surface area contributed by atoms with Crippen molar-refractivity contribution in [3.63, 3.8) is 0 Å². The van der Waals surface area contributed by atoms with Crippen LogP contribution in [0.5, 0.6) is 0 Å². The van der Waals surface area contributed by atoms with Crippen LogP contribution in [0.1, 0.15) is 25.3 Å². The van der Waals surface area contributed by atoms with Crippen LogP contribution >= 0.6 is 15.9 Å². The van der Waals surface area contributed by atoms with E-state index in [1.807, 2.05) is 0 Å². The first-order valence-corrected chi connectivity index (χ1v) is 12.3. The number of rotatable bonds is 7. The fourth-order valence-corrected chi connectivity index (χ4v) is 5.25. The molecular weight excluding hydrogens is 484 g/mol. The van der Waals surface area contributed by atoms with E-state index < -0.39 is 15.9 Å². The Labute approximate surface area is 191 Å². The molecule has 2 aromatic rings. The lowest BCUT2D eigenvalue weighted by Gasteiger charge is -2.31. The highest BCUT2D eigenvalue weighted by Crippen LogP contribution is 2.26. The number of hydrogen-bond donors (Lipinski definition) is 1. The Bertz CT molecular complexity index is 1020. The third-order valence-corrected chi connectivity index (χ3v) is 7.49. The summed E-state index contributed by atoms with van der Waals surface area (Å²) in [6.45, 7) is 2.63. The number of nitrogens with zero attached hydrogens (tertiary/aromatic N) is 1. The molecule has 0 aliphatic carbocycles. The van der Waals surface area contributed by atoms with Crippen LogP contribution < -0.4 is 5.32 Å². The molecule has 0 aromatic heterocycles. The molecule has 1 heterocycles. The van der Waals surface area contributed by atoms with E-state index >= 15 is 0 Å². The number of carbonyl (C=O) groups is 2. The van der Waals surface area contributed by atoms with Crippen LogP contribution in [0.2, 0.25) is 0 Å². The lowest BCUT2D eigenvalue weighted by Crippen LogP contribution is -2.43. The summed E-state index contributed by atoms with van der Waals surface area (Å²) in [7, 11) is -3.65. The third-order valence-electron chi connectivity index (χ3n) is 5.08. The molecule has 1 saturated heterocycles. The van der Waals surface area contributed by atoms with Crippen LogP contribution in [0, 0.1) is 5.92 Å². The SMILES string of the molecule is CCOC(=O)Cc1ccc(NC(=O)C2CCCN(S(=O)(=O)c3ccc(Br)cc3)C2)cc1. The summed E-state index contributed by atoms with van der Waals surface area (Å²) in [5.41, 5.74) is 1.39. The normalized spacial score (nSPS) is 17.2. The van der Waals surface area contributed by atoms with Crippen LogP contribution in [-0.2, 0) is 30.8 Å². The Morgan fingerprint density at radius 2 is 1.81 bits per heavy atom. The predicted octanol–water partition coefficient (Wildman–Crippen LogP) is 3.59. The molecule has 0 spiro atoms. The van der Waals surface area contributed by atoms with Gasteiger partial charge in [0.25, 0.3) is 0 Å². The monoisotopic (exact) mass is 508 g/mol. The molecule has 2 aromatic carbocycles. The highest BCUT2D eigenvalue weighted by Gasteiger charge is 2.33. The molecule has 1 amide bonds. The van der Waals surface area contributed by atoms with Gasteiger partial charge in [0.05, 0.1) is 23.8 Å². The fraction of sp³-hybridized carbons (Fsp3) is 0.364. The second-order valence-electron chi connectivity index (χ2n) is 7.32. The van der Waals surface area contributed by atoms with Crippen molar-refractivity contribution in [2.75, 3.05) is 25.0 Å². The van der Waals surface area contributed by atoms with Gasteiger partial charge in [-0.15, -0.1) is 0 Å². The summed E-state index contributed by atoms with van der Waals surface area (Å²) < 4.78 is 33.0. The molecule has 166 valence electrons. The number of ether oxygens (including phenoxy) is 1. The number of sulfonamides is 1. The molecule has 7 nitrogen and oxygen atoms in total. The number of nitrogens with one attached hydrogen (secondary N) is 1. The molecule has 3 rings (SSSR count). The van der Waals surface area contributed by atoms with E-state index in [0.29, 0.717) is 31.7 Å². The zero-order valence-corrected chi connectivity index (χ0v) is 19.6. The van der Waals surface area contributed by atoms with E-state index in [1.165, 1.54) is 4.31 Å². The molecular formula is C22H25BrN2O5S. The summed E-state index contributed by atoms with van der Waals surface area (Å²) >= 11 is 3.31. The number of amides is 1. The number of benzene rings is 2. The number of carbonyl (C=O) groups excluding carboxylic acids is 2. The molecule has 1 atom stereocenters. The molecule has 9 heteroatoms. The maximum atomic E-state index is 12.9. The van der Waals surface area contributed by atoms with E-state index in [-0.39, 0.29) is 29.7 Å². The highest BCUT2D eigenvalue weighted by atomic mass is 79.9. The first-order valence-electron chi connectivity index (χ1n) is 10.1. The van der Waals surface area contributed by atoms with Gasteiger partial charge < -0.3 is 10.1 Å². The first-order chi connectivity index (χ1) is 14.8. The lowest BCUT2D eigenvalue weighted by atomic mass is 9.98. The van der Waals surface area contributed by atoms with Gasteiger partial charge in [-0.2, -0.15) is 4.31 Å². The van der Waals surface area contributed by atoms with Gasteiger partial charge in [-0.3, -0.25) is 9.59 Å². The Hall–Kier alpha value is -2.23.